The summed E-state index contributed by atoms with van der Waals surface area (Å²) < 4.78 is 12.4. The summed E-state index contributed by atoms with van der Waals surface area (Å²) in [5.41, 5.74) is 1.77. The molecule has 0 radical (unpaired) electrons. The minimum Gasteiger partial charge on any atom is -0.490 e. The van der Waals surface area contributed by atoms with Gasteiger partial charge in [-0.25, -0.2) is 4.79 Å². The van der Waals surface area contributed by atoms with Crippen LogP contribution in [0, 0.1) is 0 Å². The molecule has 232 valence electrons. The number of hydrogen-bond donors (Lipinski definition) is 3. The van der Waals surface area contributed by atoms with E-state index in [-0.39, 0.29) is 41.6 Å². The molecule has 0 aromatic heterocycles. The zero-order chi connectivity index (χ0) is 31.9. The summed E-state index contributed by atoms with van der Waals surface area (Å²) in [5, 5.41) is 17.2. The zero-order valence-electron chi connectivity index (χ0n) is 25.1. The fraction of sp³-hybridized carbons (Fsp3) is 0.184. The molecule has 0 heterocycles. The first-order valence-electron chi connectivity index (χ1n) is 15.3. The lowest BCUT2D eigenvalue weighted by Crippen LogP contribution is -2.39. The third-order valence-electron chi connectivity index (χ3n) is 8.09. The van der Waals surface area contributed by atoms with Gasteiger partial charge in [0.1, 0.15) is 17.2 Å². The van der Waals surface area contributed by atoms with E-state index >= 15 is 0 Å². The molecule has 1 saturated carbocycles. The predicted molar refractivity (Wildman–Crippen MR) is 177 cm³/mol. The Labute approximate surface area is 267 Å². The first-order valence-corrected chi connectivity index (χ1v) is 15.3. The molecule has 0 saturated heterocycles. The number of amides is 2. The van der Waals surface area contributed by atoms with E-state index in [2.05, 4.69) is 10.6 Å². The van der Waals surface area contributed by atoms with Gasteiger partial charge >= 0.3 is 5.97 Å². The van der Waals surface area contributed by atoms with Crippen LogP contribution in [0.5, 0.6) is 17.2 Å². The number of hydrogen-bond acceptors (Lipinski definition) is 5. The van der Waals surface area contributed by atoms with E-state index in [9.17, 15) is 19.5 Å². The number of carboxylic acids is 1. The summed E-state index contributed by atoms with van der Waals surface area (Å²) in [7, 11) is 0. The van der Waals surface area contributed by atoms with E-state index in [0.717, 1.165) is 47.8 Å². The van der Waals surface area contributed by atoms with Crippen LogP contribution in [-0.2, 0) is 11.2 Å². The maximum absolute atomic E-state index is 12.5. The lowest BCUT2D eigenvalue weighted by atomic mass is 9.92. The van der Waals surface area contributed by atoms with Gasteiger partial charge < -0.3 is 25.2 Å². The summed E-state index contributed by atoms with van der Waals surface area (Å²) in [6.07, 6.45) is 3.74. The topological polar surface area (TPSA) is 114 Å². The van der Waals surface area contributed by atoms with Crippen LogP contribution in [-0.4, -0.2) is 35.0 Å². The summed E-state index contributed by atoms with van der Waals surface area (Å²) >= 11 is 0. The zero-order valence-corrected chi connectivity index (χ0v) is 25.1. The summed E-state index contributed by atoms with van der Waals surface area (Å²) in [5.74, 6) is 0.719. The number of rotatable bonds is 10. The number of fused-ring (bicyclic) bond motifs is 1. The Kier molecular flexibility index (Phi) is 9.24. The Bertz CT molecular complexity index is 1850. The normalized spacial score (nSPS) is 15.9. The molecule has 1 fully saturated rings. The highest BCUT2D eigenvalue weighted by atomic mass is 16.5. The summed E-state index contributed by atoms with van der Waals surface area (Å²) in [6, 6.07) is 34.9. The molecule has 0 unspecified atom stereocenters. The highest BCUT2D eigenvalue weighted by molar-refractivity contribution is 6.01. The van der Waals surface area contributed by atoms with Crippen molar-refractivity contribution in [2.24, 2.45) is 0 Å². The van der Waals surface area contributed by atoms with Crippen LogP contribution >= 0.6 is 0 Å². The van der Waals surface area contributed by atoms with Gasteiger partial charge in [-0.1, -0.05) is 54.6 Å². The lowest BCUT2D eigenvalue weighted by molar-refractivity contribution is -0.115. The van der Waals surface area contributed by atoms with Crippen molar-refractivity contribution in [3.63, 3.8) is 0 Å². The monoisotopic (exact) mass is 614 g/mol. The molecule has 1 aliphatic rings. The summed E-state index contributed by atoms with van der Waals surface area (Å²) in [4.78, 5) is 36.4. The van der Waals surface area contributed by atoms with E-state index < -0.39 is 5.97 Å². The van der Waals surface area contributed by atoms with Crippen LogP contribution in [0.1, 0.15) is 52.0 Å². The van der Waals surface area contributed by atoms with Gasteiger partial charge in [-0.3, -0.25) is 9.59 Å². The van der Waals surface area contributed by atoms with Crippen LogP contribution in [0.4, 0.5) is 5.69 Å². The molecule has 6 rings (SSSR count). The van der Waals surface area contributed by atoms with E-state index in [1.165, 1.54) is 6.07 Å². The molecule has 8 heteroatoms. The van der Waals surface area contributed by atoms with Crippen molar-refractivity contribution in [3.05, 3.63) is 132 Å². The molecule has 0 bridgehead atoms. The van der Waals surface area contributed by atoms with E-state index in [0.29, 0.717) is 17.1 Å². The molecular weight excluding hydrogens is 580 g/mol. The van der Waals surface area contributed by atoms with Gasteiger partial charge in [-0.05, 0) is 103 Å². The average Bonchev–Trinajstić information content (AvgIpc) is 3.07. The molecule has 0 aliphatic heterocycles. The van der Waals surface area contributed by atoms with E-state index in [4.69, 9.17) is 9.47 Å². The highest BCUT2D eigenvalue weighted by Crippen LogP contribution is 2.30. The van der Waals surface area contributed by atoms with Crippen molar-refractivity contribution in [2.75, 3.05) is 5.32 Å². The van der Waals surface area contributed by atoms with Gasteiger partial charge in [0.05, 0.1) is 23.8 Å². The van der Waals surface area contributed by atoms with Crippen LogP contribution < -0.4 is 20.1 Å². The maximum atomic E-state index is 12.5. The van der Waals surface area contributed by atoms with Gasteiger partial charge in [0.2, 0.25) is 5.91 Å². The highest BCUT2D eigenvalue weighted by Gasteiger charge is 2.24. The van der Waals surface area contributed by atoms with Crippen molar-refractivity contribution in [2.45, 2.75) is 44.2 Å². The Morgan fingerprint density at radius 1 is 0.696 bits per heavy atom. The molecular formula is C38H34N2O6. The minimum absolute atomic E-state index is 0.0255. The number of para-hydroxylation sites is 1. The number of carbonyl (C=O) groups is 3. The Morgan fingerprint density at radius 2 is 1.33 bits per heavy atom. The number of aromatic carboxylic acids is 1. The third kappa shape index (κ3) is 7.71. The lowest BCUT2D eigenvalue weighted by Gasteiger charge is -2.29. The average molecular weight is 615 g/mol. The second-order valence-corrected chi connectivity index (χ2v) is 11.4. The van der Waals surface area contributed by atoms with Crippen LogP contribution in [0.2, 0.25) is 0 Å². The number of carboxylic acid groups (broad SMARTS) is 1. The maximum Gasteiger partial charge on any atom is 0.337 e. The van der Waals surface area contributed by atoms with Crippen molar-refractivity contribution in [3.8, 4) is 17.2 Å². The molecule has 2 amide bonds. The number of carbonyl (C=O) groups excluding carboxylic acids is 2. The van der Waals surface area contributed by atoms with E-state index in [1.807, 2.05) is 78.9 Å². The minimum atomic E-state index is -1.10. The standard InChI is InChI=1S/C38H34N2O6/c41-36(40-35-9-5-4-8-34(35)38(43)44)22-25-10-16-30(17-11-25)45-32-18-12-28-24-33(19-13-27(28)23-32)46-31-20-14-29(15-21-31)39-37(42)26-6-2-1-3-7-26/h1-13,16-19,23-24,29,31H,14-15,20-22H2,(H,39,42)(H,40,41)(H,43,44). The molecule has 0 spiro atoms. The van der Waals surface area contributed by atoms with Crippen LogP contribution in [0.15, 0.2) is 115 Å². The predicted octanol–water partition coefficient (Wildman–Crippen LogP) is 7.63. The molecule has 3 N–H and O–H groups in total. The largest absolute Gasteiger partial charge is 0.490 e. The first-order chi connectivity index (χ1) is 22.4. The first kappa shape index (κ1) is 30.4. The second-order valence-electron chi connectivity index (χ2n) is 11.4. The second kappa shape index (κ2) is 14.0. The Morgan fingerprint density at radius 3 is 2.04 bits per heavy atom. The van der Waals surface area contributed by atoms with Gasteiger partial charge in [0, 0.05) is 11.6 Å². The molecule has 5 aromatic rings. The van der Waals surface area contributed by atoms with E-state index in [1.54, 1.807) is 30.3 Å². The van der Waals surface area contributed by atoms with Crippen molar-refractivity contribution < 1.29 is 29.0 Å². The molecule has 8 nitrogen and oxygen atoms in total. The molecule has 46 heavy (non-hydrogen) atoms. The number of nitrogens with one attached hydrogen (secondary N) is 2. The molecule has 5 aromatic carbocycles. The van der Waals surface area contributed by atoms with Crippen molar-refractivity contribution >= 4 is 34.2 Å². The van der Waals surface area contributed by atoms with Crippen molar-refractivity contribution in [1.82, 2.24) is 5.32 Å². The third-order valence-corrected chi connectivity index (χ3v) is 8.09. The Hall–Kier alpha value is -5.63. The fourth-order valence-corrected chi connectivity index (χ4v) is 5.68. The quantitative estimate of drug-likeness (QED) is 0.149. The Balaban J connectivity index is 0.995. The van der Waals surface area contributed by atoms with Crippen LogP contribution in [0.3, 0.4) is 0 Å². The van der Waals surface area contributed by atoms with Gasteiger partial charge in [0.25, 0.3) is 5.91 Å². The van der Waals surface area contributed by atoms with Crippen molar-refractivity contribution in [1.29, 1.82) is 0 Å². The van der Waals surface area contributed by atoms with Crippen LogP contribution in [0.25, 0.3) is 10.8 Å². The number of ether oxygens (including phenoxy) is 2. The summed E-state index contributed by atoms with van der Waals surface area (Å²) in [6.45, 7) is 0. The fourth-order valence-electron chi connectivity index (χ4n) is 5.68. The van der Waals surface area contributed by atoms with Gasteiger partial charge in [0.15, 0.2) is 0 Å². The van der Waals surface area contributed by atoms with Gasteiger partial charge in [-0.15, -0.1) is 0 Å². The van der Waals surface area contributed by atoms with Gasteiger partial charge in [-0.2, -0.15) is 0 Å². The number of anilines is 1. The SMILES string of the molecule is O=C(Cc1ccc(Oc2ccc3cc(OC4CCC(NC(=O)c5ccccc5)CC4)ccc3c2)cc1)Nc1ccccc1C(=O)O. The number of benzene rings is 5. The smallest absolute Gasteiger partial charge is 0.337 e. The molecule has 0 atom stereocenters. The molecule has 1 aliphatic carbocycles.